The molecule has 1 saturated heterocycles. The summed E-state index contributed by atoms with van der Waals surface area (Å²) in [6, 6.07) is 13.8. The van der Waals surface area contributed by atoms with Gasteiger partial charge in [-0.1, -0.05) is 41.4 Å². The molecule has 0 saturated carbocycles. The lowest BCUT2D eigenvalue weighted by Crippen LogP contribution is -2.40. The maximum absolute atomic E-state index is 13.9. The normalized spacial score (nSPS) is 26.2. The molecule has 4 atom stereocenters. The number of hydrogen-bond acceptors (Lipinski definition) is 6. The number of benzene rings is 2. The third-order valence-electron chi connectivity index (χ3n) is 8.23. The number of carbonyl (C=O) groups is 4. The molecular formula is C31H26ClNO6. The van der Waals surface area contributed by atoms with Crippen LogP contribution in [0.2, 0.25) is 5.02 Å². The van der Waals surface area contributed by atoms with E-state index in [9.17, 15) is 24.3 Å². The predicted octanol–water partition coefficient (Wildman–Crippen LogP) is 4.35. The summed E-state index contributed by atoms with van der Waals surface area (Å²) in [5, 5.41) is 9.87. The zero-order chi connectivity index (χ0) is 27.4. The average molecular weight is 544 g/mol. The Bertz CT molecular complexity index is 1520. The number of fused-ring (bicyclic) bond motifs is 3. The van der Waals surface area contributed by atoms with Crippen LogP contribution in [0, 0.1) is 17.8 Å². The summed E-state index contributed by atoms with van der Waals surface area (Å²) in [4.78, 5) is 55.6. The largest absolute Gasteiger partial charge is 0.491 e. The third-order valence-corrected chi connectivity index (χ3v) is 8.48. The van der Waals surface area contributed by atoms with Crippen LogP contribution in [0.5, 0.6) is 5.75 Å². The Morgan fingerprint density at radius 3 is 2.49 bits per heavy atom. The van der Waals surface area contributed by atoms with Crippen LogP contribution in [0.25, 0.3) is 0 Å². The van der Waals surface area contributed by atoms with Gasteiger partial charge in [0.2, 0.25) is 11.8 Å². The van der Waals surface area contributed by atoms with E-state index in [-0.39, 0.29) is 43.0 Å². The average Bonchev–Trinajstić information content (AvgIpc) is 3.20. The number of anilines is 1. The van der Waals surface area contributed by atoms with E-state index < -0.39 is 23.7 Å². The number of rotatable bonds is 5. The van der Waals surface area contributed by atoms with Gasteiger partial charge in [0.1, 0.15) is 12.4 Å². The van der Waals surface area contributed by atoms with Crippen LogP contribution in [-0.4, -0.2) is 41.7 Å². The first-order valence-electron chi connectivity index (χ1n) is 13.0. The van der Waals surface area contributed by atoms with E-state index >= 15 is 0 Å². The van der Waals surface area contributed by atoms with Crippen molar-refractivity contribution in [3.8, 4) is 5.75 Å². The lowest BCUT2D eigenvalue weighted by Gasteiger charge is -2.42. The fraction of sp³-hybridized carbons (Fsp3) is 0.290. The minimum Gasteiger partial charge on any atom is -0.491 e. The van der Waals surface area contributed by atoms with Crippen molar-refractivity contribution < 1.29 is 29.0 Å². The van der Waals surface area contributed by atoms with Crippen LogP contribution in [0.1, 0.15) is 31.2 Å². The molecule has 39 heavy (non-hydrogen) atoms. The summed E-state index contributed by atoms with van der Waals surface area (Å²) in [6.07, 6.45) is 3.90. The second kappa shape index (κ2) is 9.74. The second-order valence-electron chi connectivity index (χ2n) is 10.3. The van der Waals surface area contributed by atoms with Gasteiger partial charge in [-0.25, -0.2) is 0 Å². The van der Waals surface area contributed by atoms with Gasteiger partial charge in [0, 0.05) is 33.2 Å². The number of halogens is 1. The van der Waals surface area contributed by atoms with Crippen LogP contribution in [-0.2, 0) is 19.2 Å². The molecule has 1 fully saturated rings. The molecule has 4 unspecified atom stereocenters. The first-order chi connectivity index (χ1) is 18.8. The highest BCUT2D eigenvalue weighted by molar-refractivity contribution is 6.31. The Kier molecular flexibility index (Phi) is 6.36. The maximum Gasteiger partial charge on any atom is 0.238 e. The standard InChI is InChI=1S/C31H26ClNO6/c1-16-14-24(35)23-15-22-19(26(28(23)29(16)36)20-4-2-3-5-25(20)39-13-12-34)10-11-21-27(22)31(38)33(30(21)37)18-8-6-17(32)7-9-18/h2-10,14,21-22,26-27,34H,11-13,15H2,1H3. The van der Waals surface area contributed by atoms with Crippen molar-refractivity contribution in [3.63, 3.8) is 0 Å². The molecule has 1 N–H and O–H groups in total. The fourth-order valence-electron chi connectivity index (χ4n) is 6.57. The molecule has 0 radical (unpaired) electrons. The minimum absolute atomic E-state index is 0.0671. The van der Waals surface area contributed by atoms with Crippen LogP contribution in [0.3, 0.4) is 0 Å². The predicted molar refractivity (Wildman–Crippen MR) is 144 cm³/mol. The van der Waals surface area contributed by atoms with Gasteiger partial charge in [0.05, 0.1) is 24.1 Å². The number of para-hydroxylation sites is 1. The van der Waals surface area contributed by atoms with Crippen molar-refractivity contribution in [1.29, 1.82) is 0 Å². The summed E-state index contributed by atoms with van der Waals surface area (Å²) >= 11 is 6.03. The van der Waals surface area contributed by atoms with Crippen LogP contribution >= 0.6 is 11.6 Å². The number of ether oxygens (including phenoxy) is 1. The van der Waals surface area contributed by atoms with E-state index in [0.717, 1.165) is 5.57 Å². The van der Waals surface area contributed by atoms with Crippen molar-refractivity contribution in [2.24, 2.45) is 17.8 Å². The lowest BCUT2D eigenvalue weighted by molar-refractivity contribution is -0.123. The molecular weight excluding hydrogens is 518 g/mol. The SMILES string of the molecule is CC1=CC(=O)C2=C(C1=O)C(c1ccccc1OCCO)C1=CCC3C(=O)N(c4ccc(Cl)cc4)C(=O)C3C1C2. The van der Waals surface area contributed by atoms with Crippen LogP contribution in [0.15, 0.2) is 83.0 Å². The molecule has 7 nitrogen and oxygen atoms in total. The van der Waals surface area contributed by atoms with Gasteiger partial charge in [-0.2, -0.15) is 0 Å². The first-order valence-corrected chi connectivity index (χ1v) is 13.4. The highest BCUT2D eigenvalue weighted by Gasteiger charge is 2.56. The molecule has 4 aliphatic rings. The van der Waals surface area contributed by atoms with Crippen molar-refractivity contribution in [1.82, 2.24) is 0 Å². The quantitative estimate of drug-likeness (QED) is 0.342. The topological polar surface area (TPSA) is 101 Å². The Morgan fingerprint density at radius 2 is 1.74 bits per heavy atom. The van der Waals surface area contributed by atoms with Crippen LogP contribution in [0.4, 0.5) is 5.69 Å². The van der Waals surface area contributed by atoms with E-state index in [4.69, 9.17) is 16.3 Å². The maximum atomic E-state index is 13.9. The number of amides is 2. The number of aliphatic hydroxyl groups is 1. The number of nitrogens with zero attached hydrogens (tertiary/aromatic N) is 1. The number of aliphatic hydroxyl groups excluding tert-OH is 1. The summed E-state index contributed by atoms with van der Waals surface area (Å²) in [5.41, 5.74) is 3.17. The van der Waals surface area contributed by atoms with Gasteiger partial charge in [-0.3, -0.25) is 24.1 Å². The summed E-state index contributed by atoms with van der Waals surface area (Å²) in [6.45, 7) is 1.52. The molecule has 2 aromatic carbocycles. The zero-order valence-corrected chi connectivity index (χ0v) is 22.0. The van der Waals surface area contributed by atoms with Gasteiger partial charge >= 0.3 is 0 Å². The zero-order valence-electron chi connectivity index (χ0n) is 21.2. The van der Waals surface area contributed by atoms with Crippen molar-refractivity contribution >= 4 is 40.7 Å². The minimum atomic E-state index is -0.662. The second-order valence-corrected chi connectivity index (χ2v) is 10.8. The number of carbonyl (C=O) groups excluding carboxylic acids is 4. The van der Waals surface area contributed by atoms with Gasteiger partial charge < -0.3 is 9.84 Å². The number of hydrogen-bond donors (Lipinski definition) is 1. The summed E-state index contributed by atoms with van der Waals surface area (Å²) in [5.74, 6) is -2.79. The molecule has 1 heterocycles. The van der Waals surface area contributed by atoms with Crippen molar-refractivity contribution in [2.75, 3.05) is 18.1 Å². The molecule has 1 aliphatic heterocycles. The molecule has 0 bridgehead atoms. The Morgan fingerprint density at radius 1 is 1.00 bits per heavy atom. The number of imide groups is 1. The van der Waals surface area contributed by atoms with E-state index in [1.54, 1.807) is 43.3 Å². The molecule has 3 aliphatic carbocycles. The summed E-state index contributed by atoms with van der Waals surface area (Å²) in [7, 11) is 0. The smallest absolute Gasteiger partial charge is 0.238 e. The van der Waals surface area contributed by atoms with Gasteiger partial charge in [0.25, 0.3) is 0 Å². The highest BCUT2D eigenvalue weighted by atomic mass is 35.5. The first kappa shape index (κ1) is 25.5. The van der Waals surface area contributed by atoms with Crippen molar-refractivity contribution in [2.45, 2.75) is 25.7 Å². The van der Waals surface area contributed by atoms with E-state index in [0.29, 0.717) is 45.2 Å². The molecule has 0 spiro atoms. The Balaban J connectivity index is 1.48. The molecule has 8 heteroatoms. The fourth-order valence-corrected chi connectivity index (χ4v) is 6.69. The Labute approximate surface area is 230 Å². The highest BCUT2D eigenvalue weighted by Crippen LogP contribution is 2.56. The molecule has 0 aromatic heterocycles. The van der Waals surface area contributed by atoms with Gasteiger partial charge in [-0.15, -0.1) is 0 Å². The molecule has 198 valence electrons. The third kappa shape index (κ3) is 3.99. The summed E-state index contributed by atoms with van der Waals surface area (Å²) < 4.78 is 5.85. The number of ketones is 2. The van der Waals surface area contributed by atoms with E-state index in [1.807, 2.05) is 18.2 Å². The molecule has 2 aromatic rings. The Hall–Kier alpha value is -3.81. The molecule has 2 amide bonds. The lowest BCUT2D eigenvalue weighted by atomic mass is 9.59. The monoisotopic (exact) mass is 543 g/mol. The van der Waals surface area contributed by atoms with Gasteiger partial charge in [0.15, 0.2) is 11.6 Å². The number of allylic oxidation sites excluding steroid dienone is 6. The van der Waals surface area contributed by atoms with Gasteiger partial charge in [-0.05, 0) is 62.1 Å². The van der Waals surface area contributed by atoms with Crippen molar-refractivity contribution in [3.05, 3.63) is 93.6 Å². The van der Waals surface area contributed by atoms with E-state index in [2.05, 4.69) is 0 Å². The molecule has 6 rings (SSSR count). The van der Waals surface area contributed by atoms with E-state index in [1.165, 1.54) is 11.0 Å². The van der Waals surface area contributed by atoms with Crippen LogP contribution < -0.4 is 9.64 Å². The number of Topliss-reactive ketones (excluding diaryl/α,β-unsaturated/α-hetero) is 1.